The maximum atomic E-state index is 13.3. The molecule has 190 valence electrons. The number of benzene rings is 3. The van der Waals surface area contributed by atoms with Crippen LogP contribution < -0.4 is 28.4 Å². The van der Waals surface area contributed by atoms with Crippen molar-refractivity contribution in [1.29, 1.82) is 0 Å². The molecule has 0 saturated carbocycles. The number of hydrogen-bond donors (Lipinski definition) is 0. The number of carbonyl (C=O) groups is 1. The Kier molecular flexibility index (Phi) is 5.88. The largest absolute Gasteiger partial charge is 0.493 e. The van der Waals surface area contributed by atoms with Gasteiger partial charge in [-0.15, -0.1) is 0 Å². The Morgan fingerprint density at radius 1 is 0.946 bits per heavy atom. The van der Waals surface area contributed by atoms with Gasteiger partial charge in [-0.05, 0) is 60.9 Å². The van der Waals surface area contributed by atoms with E-state index in [1.165, 1.54) is 0 Å². The average Bonchev–Trinajstić information content (AvgIpc) is 3.51. The molecule has 3 aliphatic rings. The monoisotopic (exact) mass is 501 g/mol. The second-order valence-electron chi connectivity index (χ2n) is 9.18. The normalized spacial score (nSPS) is 16.7. The van der Waals surface area contributed by atoms with E-state index in [-0.39, 0.29) is 18.3 Å². The topological polar surface area (TPSA) is 75.7 Å². The Hall–Kier alpha value is -4.17. The average molecular weight is 502 g/mol. The molecule has 0 radical (unpaired) electrons. The van der Waals surface area contributed by atoms with Crippen LogP contribution in [0.1, 0.15) is 32.6 Å². The van der Waals surface area contributed by atoms with Gasteiger partial charge in [0.1, 0.15) is 18.2 Å². The number of nitrogens with zero attached hydrogens (tertiary/aromatic N) is 1. The molecule has 3 aliphatic heterocycles. The number of fused-ring (bicyclic) bond motifs is 3. The smallest absolute Gasteiger partial charge is 0.231 e. The van der Waals surface area contributed by atoms with Crippen molar-refractivity contribution in [1.82, 2.24) is 4.90 Å². The number of rotatable bonds is 6. The summed E-state index contributed by atoms with van der Waals surface area (Å²) in [5, 5.41) is 0. The molecule has 0 unspecified atom stereocenters. The summed E-state index contributed by atoms with van der Waals surface area (Å²) >= 11 is 0. The van der Waals surface area contributed by atoms with Crippen molar-refractivity contribution in [3.8, 4) is 34.5 Å². The number of Topliss-reactive ketones (excluding diaryl/α,β-unsaturated/α-hetero) is 1. The van der Waals surface area contributed by atoms with Crippen molar-refractivity contribution in [2.75, 3.05) is 34.3 Å². The lowest BCUT2D eigenvalue weighted by Crippen LogP contribution is -2.34. The molecule has 3 aromatic rings. The van der Waals surface area contributed by atoms with Crippen LogP contribution in [0.3, 0.4) is 0 Å². The van der Waals surface area contributed by atoms with Gasteiger partial charge < -0.3 is 28.4 Å². The number of allylic oxidation sites excluding steroid dienone is 1. The summed E-state index contributed by atoms with van der Waals surface area (Å²) in [5.41, 5.74) is 4.34. The van der Waals surface area contributed by atoms with Gasteiger partial charge in [-0.2, -0.15) is 0 Å². The van der Waals surface area contributed by atoms with Crippen LogP contribution in [0.15, 0.2) is 48.2 Å². The molecule has 8 heteroatoms. The quantitative estimate of drug-likeness (QED) is 0.448. The standard InChI is InChI=1S/C29H27NO7/c1-17-28-20(14-30(15-34-28)9-8-18-4-6-22(32-2)24(10-18)33-3)13-21-27(31)26(37-29(17)21)12-19-5-7-23-25(11-19)36-16-35-23/h4-7,10-13H,8-9,14-16H2,1-3H3/b26-12-. The van der Waals surface area contributed by atoms with E-state index in [9.17, 15) is 4.79 Å². The fraction of sp³-hybridized carbons (Fsp3) is 0.276. The first-order valence-electron chi connectivity index (χ1n) is 12.1. The van der Waals surface area contributed by atoms with Crippen LogP contribution in [-0.2, 0) is 13.0 Å². The third-order valence-electron chi connectivity index (χ3n) is 6.86. The molecule has 37 heavy (non-hydrogen) atoms. The minimum Gasteiger partial charge on any atom is -0.493 e. The summed E-state index contributed by atoms with van der Waals surface area (Å²) < 4.78 is 33.7. The minimum absolute atomic E-state index is 0.138. The van der Waals surface area contributed by atoms with Crippen molar-refractivity contribution in [3.05, 3.63) is 76.0 Å². The second-order valence-corrected chi connectivity index (χ2v) is 9.18. The Morgan fingerprint density at radius 3 is 2.62 bits per heavy atom. The van der Waals surface area contributed by atoms with E-state index < -0.39 is 0 Å². The highest BCUT2D eigenvalue weighted by Gasteiger charge is 2.33. The Bertz CT molecular complexity index is 1430. The zero-order valence-corrected chi connectivity index (χ0v) is 21.0. The molecule has 6 rings (SSSR count). The van der Waals surface area contributed by atoms with Gasteiger partial charge in [-0.25, -0.2) is 0 Å². The number of ether oxygens (including phenoxy) is 6. The lowest BCUT2D eigenvalue weighted by Gasteiger charge is -2.30. The molecule has 3 aromatic carbocycles. The maximum absolute atomic E-state index is 13.3. The molecule has 0 fully saturated rings. The van der Waals surface area contributed by atoms with Gasteiger partial charge in [0.05, 0.1) is 19.8 Å². The Morgan fingerprint density at radius 2 is 1.78 bits per heavy atom. The van der Waals surface area contributed by atoms with Crippen LogP contribution >= 0.6 is 0 Å². The summed E-state index contributed by atoms with van der Waals surface area (Å²) in [7, 11) is 3.27. The van der Waals surface area contributed by atoms with Crippen LogP contribution in [0.5, 0.6) is 34.5 Å². The van der Waals surface area contributed by atoms with E-state index in [1.807, 2.05) is 49.4 Å². The zero-order chi connectivity index (χ0) is 25.5. The summed E-state index contributed by atoms with van der Waals surface area (Å²) in [6.45, 7) is 4.09. The summed E-state index contributed by atoms with van der Waals surface area (Å²) in [6, 6.07) is 13.4. The Balaban J connectivity index is 1.19. The SMILES string of the molecule is COc1ccc(CCN2COc3c(cc4c(c3C)O/C(=C\c3ccc5c(c3)OCO5)C4=O)C2)cc1OC. The van der Waals surface area contributed by atoms with E-state index in [1.54, 1.807) is 20.3 Å². The Labute approximate surface area is 214 Å². The van der Waals surface area contributed by atoms with Crippen LogP contribution in [-0.4, -0.2) is 45.0 Å². The highest BCUT2D eigenvalue weighted by atomic mass is 16.7. The van der Waals surface area contributed by atoms with Gasteiger partial charge in [-0.3, -0.25) is 9.69 Å². The van der Waals surface area contributed by atoms with E-state index in [0.717, 1.165) is 46.7 Å². The molecular formula is C29H27NO7. The van der Waals surface area contributed by atoms with Gasteiger partial charge in [0.2, 0.25) is 12.6 Å². The van der Waals surface area contributed by atoms with Gasteiger partial charge >= 0.3 is 0 Å². The van der Waals surface area contributed by atoms with E-state index in [2.05, 4.69) is 4.90 Å². The van der Waals surface area contributed by atoms with E-state index >= 15 is 0 Å². The summed E-state index contributed by atoms with van der Waals surface area (Å²) in [5.74, 6) is 4.28. The predicted octanol–water partition coefficient (Wildman–Crippen LogP) is 4.75. The molecule has 0 amide bonds. The molecule has 0 atom stereocenters. The van der Waals surface area contributed by atoms with Crippen molar-refractivity contribution in [2.24, 2.45) is 0 Å². The van der Waals surface area contributed by atoms with Crippen LogP contribution in [0.25, 0.3) is 6.08 Å². The predicted molar refractivity (Wildman–Crippen MR) is 136 cm³/mol. The highest BCUT2D eigenvalue weighted by molar-refractivity contribution is 6.15. The van der Waals surface area contributed by atoms with E-state index in [4.69, 9.17) is 28.4 Å². The molecule has 0 aromatic heterocycles. The van der Waals surface area contributed by atoms with Gasteiger partial charge in [0.25, 0.3) is 0 Å². The fourth-order valence-corrected chi connectivity index (χ4v) is 4.92. The summed E-state index contributed by atoms with van der Waals surface area (Å²) in [4.78, 5) is 15.5. The van der Waals surface area contributed by atoms with Crippen LogP contribution in [0.4, 0.5) is 0 Å². The molecule has 0 aliphatic carbocycles. The zero-order valence-electron chi connectivity index (χ0n) is 21.0. The molecule has 0 spiro atoms. The lowest BCUT2D eigenvalue weighted by atomic mass is 9.99. The fourth-order valence-electron chi connectivity index (χ4n) is 4.92. The molecular weight excluding hydrogens is 474 g/mol. The van der Waals surface area contributed by atoms with Crippen molar-refractivity contribution >= 4 is 11.9 Å². The van der Waals surface area contributed by atoms with Crippen molar-refractivity contribution in [3.63, 3.8) is 0 Å². The van der Waals surface area contributed by atoms with Gasteiger partial charge in [0, 0.05) is 24.2 Å². The molecule has 3 heterocycles. The first-order valence-corrected chi connectivity index (χ1v) is 12.1. The number of hydrogen-bond acceptors (Lipinski definition) is 8. The lowest BCUT2D eigenvalue weighted by molar-refractivity contribution is 0.0953. The molecule has 8 nitrogen and oxygen atoms in total. The number of carbonyl (C=O) groups excluding carboxylic acids is 1. The van der Waals surface area contributed by atoms with E-state index in [0.29, 0.717) is 41.8 Å². The third kappa shape index (κ3) is 4.23. The van der Waals surface area contributed by atoms with Crippen LogP contribution in [0, 0.1) is 6.92 Å². The van der Waals surface area contributed by atoms with Crippen LogP contribution in [0.2, 0.25) is 0 Å². The summed E-state index contributed by atoms with van der Waals surface area (Å²) in [6.07, 6.45) is 2.56. The second kappa shape index (κ2) is 9.37. The van der Waals surface area contributed by atoms with Gasteiger partial charge in [-0.1, -0.05) is 12.1 Å². The minimum atomic E-state index is -0.138. The molecule has 0 N–H and O–H groups in total. The van der Waals surface area contributed by atoms with Crippen molar-refractivity contribution in [2.45, 2.75) is 19.9 Å². The van der Waals surface area contributed by atoms with Gasteiger partial charge in [0.15, 0.2) is 28.8 Å². The van der Waals surface area contributed by atoms with Crippen molar-refractivity contribution < 1.29 is 33.2 Å². The number of methoxy groups -OCH3 is 2. The molecule has 0 saturated heterocycles. The first kappa shape index (κ1) is 23.2. The first-order chi connectivity index (χ1) is 18.0. The third-order valence-corrected chi connectivity index (χ3v) is 6.86. The molecule has 0 bridgehead atoms. The maximum Gasteiger partial charge on any atom is 0.231 e. The highest BCUT2D eigenvalue weighted by Crippen LogP contribution is 2.43. The number of ketones is 1.